The fourth-order valence-electron chi connectivity index (χ4n) is 0. The smallest absolute Gasteiger partial charge is 0.569 e. The van der Waals surface area contributed by atoms with Crippen molar-refractivity contribution in [1.29, 1.82) is 0 Å². The minimum Gasteiger partial charge on any atom is -0.569 e. The molecular weight excluding hydrogens is 228 g/mol. The molecule has 4 N–H and O–H groups in total. The third kappa shape index (κ3) is 1060. The summed E-state index contributed by atoms with van der Waals surface area (Å²) in [5, 5.41) is 27.8. The zero-order chi connectivity index (χ0) is 6.71. The molecule has 0 amide bonds. The van der Waals surface area contributed by atoms with Crippen molar-refractivity contribution in [2.45, 2.75) is 0 Å². The van der Waals surface area contributed by atoms with Crippen LogP contribution in [0.4, 0.5) is 0 Å². The van der Waals surface area contributed by atoms with E-state index >= 15 is 0 Å². The van der Waals surface area contributed by atoms with Crippen LogP contribution in [0, 0.1) is 29.1 Å². The van der Waals surface area contributed by atoms with E-state index in [-0.39, 0.29) is 49.6 Å². The molecule has 0 heterocycles. The molecule has 0 atom stereocenters. The molecule has 0 radical (unpaired) electrons. The van der Waals surface area contributed by atoms with Gasteiger partial charge in [-0.15, -0.1) is 0 Å². The van der Waals surface area contributed by atoms with E-state index in [2.05, 4.69) is 14.2 Å². The molecule has 0 aliphatic rings. The molecule has 11 heavy (non-hydrogen) atoms. The molecular formula is C5H16Cr2O4. The molecule has 0 aromatic rings. The van der Waals surface area contributed by atoms with Gasteiger partial charge < -0.3 is 35.3 Å². The molecule has 0 saturated carbocycles. The van der Waals surface area contributed by atoms with E-state index in [1.165, 1.54) is 0 Å². The Morgan fingerprint density at radius 2 is 0.727 bits per heavy atom. The van der Waals surface area contributed by atoms with Crippen LogP contribution in [0.3, 0.4) is 0 Å². The summed E-state index contributed by atoms with van der Waals surface area (Å²) in [7, 11) is 4.50. The first-order valence-electron chi connectivity index (χ1n) is 1.26. The normalized spacial score (nSPS) is 2.73. The largest absolute Gasteiger partial charge is 2.00 e. The van der Waals surface area contributed by atoms with Crippen LogP contribution < -0.4 is 0 Å². The zero-order valence-corrected chi connectivity index (χ0v) is 9.28. The minimum atomic E-state index is -0.750. The van der Waals surface area contributed by atoms with Crippen LogP contribution in [0.5, 0.6) is 0 Å². The third-order valence-corrected chi connectivity index (χ3v) is 0. The summed E-state index contributed by atoms with van der Waals surface area (Å²) in [6.07, 6.45) is 0. The van der Waals surface area contributed by atoms with Crippen LogP contribution in [0.25, 0.3) is 0 Å². The topological polar surface area (TPSA) is 80.9 Å². The van der Waals surface area contributed by atoms with Gasteiger partial charge in [0.05, 0.1) is 0 Å². The van der Waals surface area contributed by atoms with Crippen molar-refractivity contribution in [3.05, 3.63) is 29.1 Å². The standard InChI is InChI=1S/CH4O2.2CH3O.2CH3.2Cr/c2-1-3;2*1-2;;;;/h2-3H,1H2;2*2H,1H2;2*1H3;;/q;4*-1;2*+2. The summed E-state index contributed by atoms with van der Waals surface area (Å²) in [4.78, 5) is 0. The second-order valence-electron chi connectivity index (χ2n) is 0.141. The Balaban J connectivity index is -0.00000000378. The molecule has 0 saturated heterocycles. The first-order valence-corrected chi connectivity index (χ1v) is 1.26. The molecule has 6 heteroatoms. The van der Waals surface area contributed by atoms with Gasteiger partial charge in [-0.05, 0) is 0 Å². The minimum absolute atomic E-state index is 0. The Labute approximate surface area is 91.1 Å². The van der Waals surface area contributed by atoms with Crippen LogP contribution in [-0.4, -0.2) is 27.2 Å². The summed E-state index contributed by atoms with van der Waals surface area (Å²) in [6.45, 7) is -0.750. The zero-order valence-electron chi connectivity index (χ0n) is 6.73. The number of hydrogen-bond acceptors (Lipinski definition) is 4. The molecule has 0 aliphatic heterocycles. The van der Waals surface area contributed by atoms with E-state index in [0.29, 0.717) is 0 Å². The van der Waals surface area contributed by atoms with Gasteiger partial charge in [0.1, 0.15) is 6.79 Å². The van der Waals surface area contributed by atoms with Gasteiger partial charge in [0.2, 0.25) is 0 Å². The van der Waals surface area contributed by atoms with Gasteiger partial charge in [-0.1, -0.05) is 0 Å². The Hall–Kier alpha value is 0.905. The van der Waals surface area contributed by atoms with Gasteiger partial charge >= 0.3 is 34.7 Å². The van der Waals surface area contributed by atoms with E-state index < -0.39 is 6.79 Å². The molecule has 72 valence electrons. The number of aliphatic hydroxyl groups is 4. The number of rotatable bonds is 0. The predicted molar refractivity (Wildman–Crippen MR) is 36.7 cm³/mol. The first-order chi connectivity index (χ1) is 3.41. The fourth-order valence-corrected chi connectivity index (χ4v) is 0. The fraction of sp³-hybridized carbons (Fsp3) is 0.200. The van der Waals surface area contributed by atoms with Crippen LogP contribution >= 0.6 is 0 Å². The molecule has 0 rings (SSSR count). The maximum Gasteiger partial charge on any atom is 2.00 e. The van der Waals surface area contributed by atoms with Gasteiger partial charge in [0.25, 0.3) is 0 Å². The SMILES string of the molecule is OCO.[CH2-]O.[CH2-]O.[CH3-].[CH3-].[Cr+2].[Cr+2]. The molecule has 0 unspecified atom stereocenters. The molecule has 0 aromatic heterocycles. The summed E-state index contributed by atoms with van der Waals surface area (Å²) >= 11 is 0. The van der Waals surface area contributed by atoms with Gasteiger partial charge in [-0.3, -0.25) is 0 Å². The van der Waals surface area contributed by atoms with Gasteiger partial charge in [-0.25, -0.2) is 14.2 Å². The summed E-state index contributed by atoms with van der Waals surface area (Å²) in [5.41, 5.74) is 0. The Kier molecular flexibility index (Phi) is 1580. The van der Waals surface area contributed by atoms with Gasteiger partial charge in [0.15, 0.2) is 0 Å². The van der Waals surface area contributed by atoms with Crippen LogP contribution in [0.1, 0.15) is 0 Å². The first kappa shape index (κ1) is 58.8. The molecule has 0 fully saturated rings. The Morgan fingerprint density at radius 3 is 0.727 bits per heavy atom. The summed E-state index contributed by atoms with van der Waals surface area (Å²) in [6, 6.07) is 0. The second-order valence-corrected chi connectivity index (χ2v) is 0.141. The molecule has 0 aromatic carbocycles. The molecule has 0 spiro atoms. The predicted octanol–water partition coefficient (Wildman–Crippen LogP) is 0.125. The number of aliphatic hydroxyl groups excluding tert-OH is 3. The van der Waals surface area contributed by atoms with E-state index in [4.69, 9.17) is 20.4 Å². The number of hydrogen-bond donors (Lipinski definition) is 4. The second kappa shape index (κ2) is 295. The van der Waals surface area contributed by atoms with Crippen molar-refractivity contribution in [1.82, 2.24) is 0 Å². The summed E-state index contributed by atoms with van der Waals surface area (Å²) in [5.74, 6) is 0. The Bertz CT molecular complexity index is 16.4. The Morgan fingerprint density at radius 1 is 0.727 bits per heavy atom. The average Bonchev–Trinajstić information content (AvgIpc) is 1.78. The van der Waals surface area contributed by atoms with Crippen molar-refractivity contribution >= 4 is 0 Å². The van der Waals surface area contributed by atoms with Crippen LogP contribution in [-0.2, 0) is 34.7 Å². The quantitative estimate of drug-likeness (QED) is 0.360. The molecule has 0 bridgehead atoms. The van der Waals surface area contributed by atoms with Crippen molar-refractivity contribution in [3.8, 4) is 0 Å². The maximum absolute atomic E-state index is 7.12. The third-order valence-electron chi connectivity index (χ3n) is 0. The van der Waals surface area contributed by atoms with Crippen LogP contribution in [0.15, 0.2) is 0 Å². The van der Waals surface area contributed by atoms with Crippen molar-refractivity contribution in [3.63, 3.8) is 0 Å². The molecule has 0 aliphatic carbocycles. The van der Waals surface area contributed by atoms with Crippen LogP contribution in [0.2, 0.25) is 0 Å². The monoisotopic (exact) mass is 244 g/mol. The van der Waals surface area contributed by atoms with Gasteiger partial charge in [0, 0.05) is 0 Å². The van der Waals surface area contributed by atoms with Crippen molar-refractivity contribution in [2.75, 3.05) is 6.79 Å². The maximum atomic E-state index is 7.12. The van der Waals surface area contributed by atoms with E-state index in [9.17, 15) is 0 Å². The summed E-state index contributed by atoms with van der Waals surface area (Å²) < 4.78 is 0. The van der Waals surface area contributed by atoms with E-state index in [1.54, 1.807) is 0 Å². The van der Waals surface area contributed by atoms with E-state index in [1.807, 2.05) is 0 Å². The van der Waals surface area contributed by atoms with Gasteiger partial charge in [-0.2, -0.15) is 0 Å². The average molecular weight is 244 g/mol. The van der Waals surface area contributed by atoms with E-state index in [0.717, 1.165) is 0 Å². The van der Waals surface area contributed by atoms with Crippen molar-refractivity contribution in [2.24, 2.45) is 0 Å². The van der Waals surface area contributed by atoms with Crippen molar-refractivity contribution < 1.29 is 55.1 Å². The molecule has 4 nitrogen and oxygen atoms in total.